The predicted octanol–water partition coefficient (Wildman–Crippen LogP) is 4.44. The maximum Gasteiger partial charge on any atom is 0.198 e. The molecule has 1 aromatic carbocycles. The van der Waals surface area contributed by atoms with Gasteiger partial charge in [-0.15, -0.1) is 0 Å². The summed E-state index contributed by atoms with van der Waals surface area (Å²) >= 11 is 5.59. The third kappa shape index (κ3) is 4.09. The van der Waals surface area contributed by atoms with Crippen molar-refractivity contribution in [2.45, 2.75) is 58.0 Å². The highest BCUT2D eigenvalue weighted by Crippen LogP contribution is 2.38. The van der Waals surface area contributed by atoms with Crippen LogP contribution in [-0.4, -0.2) is 32.3 Å². The highest BCUT2D eigenvalue weighted by atomic mass is 32.1. The molecule has 4 rings (SSSR count). The number of hydrogen-bond acceptors (Lipinski definition) is 3. The molecule has 0 atom stereocenters. The molecule has 26 heavy (non-hydrogen) atoms. The SMILES string of the molecule is Cc1ccc(CCC2CCN(Cn3nc(C4CC4)n(C)c3=S)CC2)cc1. The fourth-order valence-electron chi connectivity index (χ4n) is 4.03. The molecule has 0 unspecified atom stereocenters. The highest BCUT2D eigenvalue weighted by Gasteiger charge is 2.29. The standard InChI is InChI=1S/C21H30N4S/c1-16-3-5-17(6-4-16)7-8-18-11-13-24(14-12-18)15-25-21(26)23(2)20(22-25)19-9-10-19/h3-6,18-19H,7-15H2,1-2H3. The van der Waals surface area contributed by atoms with Crippen molar-refractivity contribution in [2.75, 3.05) is 13.1 Å². The molecular formula is C21H30N4S. The zero-order chi connectivity index (χ0) is 18.1. The third-order valence-corrected chi connectivity index (χ3v) is 6.50. The van der Waals surface area contributed by atoms with Gasteiger partial charge in [0, 0.05) is 26.1 Å². The minimum absolute atomic E-state index is 0.649. The molecule has 2 fully saturated rings. The van der Waals surface area contributed by atoms with Crippen LogP contribution in [0.2, 0.25) is 0 Å². The Morgan fingerprint density at radius 2 is 1.77 bits per heavy atom. The zero-order valence-electron chi connectivity index (χ0n) is 16.0. The van der Waals surface area contributed by atoms with Crippen LogP contribution < -0.4 is 0 Å². The lowest BCUT2D eigenvalue weighted by molar-refractivity contribution is 0.136. The summed E-state index contributed by atoms with van der Waals surface area (Å²) in [5, 5.41) is 4.80. The largest absolute Gasteiger partial charge is 0.307 e. The van der Waals surface area contributed by atoms with E-state index in [-0.39, 0.29) is 0 Å². The highest BCUT2D eigenvalue weighted by molar-refractivity contribution is 7.71. The van der Waals surface area contributed by atoms with E-state index in [1.807, 2.05) is 4.68 Å². The molecule has 2 heterocycles. The number of benzene rings is 1. The van der Waals surface area contributed by atoms with E-state index in [4.69, 9.17) is 17.3 Å². The lowest BCUT2D eigenvalue weighted by atomic mass is 9.90. The van der Waals surface area contributed by atoms with E-state index in [1.165, 1.54) is 55.5 Å². The molecule has 5 heteroatoms. The van der Waals surface area contributed by atoms with Gasteiger partial charge < -0.3 is 4.57 Å². The molecule has 0 amide bonds. The van der Waals surface area contributed by atoms with Gasteiger partial charge in [-0.25, -0.2) is 4.68 Å². The van der Waals surface area contributed by atoms with Gasteiger partial charge in [0.1, 0.15) is 5.82 Å². The summed E-state index contributed by atoms with van der Waals surface area (Å²) in [6, 6.07) is 9.02. The number of nitrogens with zero attached hydrogens (tertiary/aromatic N) is 4. The molecule has 0 spiro atoms. The first kappa shape index (κ1) is 17.9. The summed E-state index contributed by atoms with van der Waals surface area (Å²) in [6.45, 7) is 5.33. The average molecular weight is 371 g/mol. The van der Waals surface area contributed by atoms with Gasteiger partial charge in [0.2, 0.25) is 0 Å². The maximum absolute atomic E-state index is 5.59. The molecule has 0 radical (unpaired) electrons. The van der Waals surface area contributed by atoms with Crippen molar-refractivity contribution < 1.29 is 0 Å². The minimum atomic E-state index is 0.649. The van der Waals surface area contributed by atoms with E-state index in [9.17, 15) is 0 Å². The average Bonchev–Trinajstić information content (AvgIpc) is 3.45. The van der Waals surface area contributed by atoms with Crippen LogP contribution in [0, 0.1) is 17.6 Å². The molecular weight excluding hydrogens is 340 g/mol. The van der Waals surface area contributed by atoms with Crippen LogP contribution >= 0.6 is 12.2 Å². The molecule has 2 aliphatic rings. The molecule has 1 saturated carbocycles. The van der Waals surface area contributed by atoms with Crippen molar-refractivity contribution in [3.8, 4) is 0 Å². The summed E-state index contributed by atoms with van der Waals surface area (Å²) in [6.07, 6.45) is 7.65. The van der Waals surface area contributed by atoms with Crippen molar-refractivity contribution in [1.82, 2.24) is 19.2 Å². The van der Waals surface area contributed by atoms with Gasteiger partial charge in [-0.2, -0.15) is 5.10 Å². The van der Waals surface area contributed by atoms with Gasteiger partial charge in [-0.1, -0.05) is 29.8 Å². The summed E-state index contributed by atoms with van der Waals surface area (Å²) in [7, 11) is 2.07. The van der Waals surface area contributed by atoms with Gasteiger partial charge in [0.25, 0.3) is 0 Å². The first-order chi connectivity index (χ1) is 12.6. The molecule has 2 aromatic rings. The first-order valence-corrected chi connectivity index (χ1v) is 10.4. The molecule has 1 saturated heterocycles. The summed E-state index contributed by atoms with van der Waals surface area (Å²) in [5.41, 5.74) is 2.82. The van der Waals surface area contributed by atoms with Gasteiger partial charge in [-0.3, -0.25) is 4.90 Å². The van der Waals surface area contributed by atoms with Crippen molar-refractivity contribution in [1.29, 1.82) is 0 Å². The van der Waals surface area contributed by atoms with Crippen molar-refractivity contribution in [3.05, 3.63) is 46.0 Å². The van der Waals surface area contributed by atoms with Crippen LogP contribution in [0.1, 0.15) is 55.0 Å². The van der Waals surface area contributed by atoms with E-state index < -0.39 is 0 Å². The lowest BCUT2D eigenvalue weighted by Crippen LogP contribution is -2.35. The second-order valence-electron chi connectivity index (χ2n) is 8.20. The molecule has 1 aliphatic heterocycles. The Kier molecular flexibility index (Phi) is 5.28. The Morgan fingerprint density at radius 3 is 2.42 bits per heavy atom. The zero-order valence-corrected chi connectivity index (χ0v) is 16.8. The van der Waals surface area contributed by atoms with E-state index in [0.717, 1.165) is 30.4 Å². The van der Waals surface area contributed by atoms with Crippen LogP contribution in [0.4, 0.5) is 0 Å². The Morgan fingerprint density at radius 1 is 1.08 bits per heavy atom. The predicted molar refractivity (Wildman–Crippen MR) is 108 cm³/mol. The number of aryl methyl sites for hydroxylation is 2. The Hall–Kier alpha value is -1.46. The van der Waals surface area contributed by atoms with Crippen LogP contribution in [0.15, 0.2) is 24.3 Å². The van der Waals surface area contributed by atoms with Crippen LogP contribution in [0.25, 0.3) is 0 Å². The quantitative estimate of drug-likeness (QED) is 0.703. The summed E-state index contributed by atoms with van der Waals surface area (Å²) in [5.74, 6) is 2.68. The number of rotatable bonds is 6. The topological polar surface area (TPSA) is 26.0 Å². The van der Waals surface area contributed by atoms with Crippen molar-refractivity contribution >= 4 is 12.2 Å². The van der Waals surface area contributed by atoms with Crippen molar-refractivity contribution in [2.24, 2.45) is 13.0 Å². The normalized spacial score (nSPS) is 19.2. The number of aromatic nitrogens is 3. The Labute approximate surface area is 161 Å². The summed E-state index contributed by atoms with van der Waals surface area (Å²) < 4.78 is 5.02. The second-order valence-corrected chi connectivity index (χ2v) is 8.57. The maximum atomic E-state index is 5.59. The molecule has 1 aromatic heterocycles. The van der Waals surface area contributed by atoms with E-state index in [0.29, 0.717) is 5.92 Å². The van der Waals surface area contributed by atoms with E-state index in [1.54, 1.807) is 0 Å². The smallest absolute Gasteiger partial charge is 0.198 e. The monoisotopic (exact) mass is 370 g/mol. The molecule has 4 nitrogen and oxygen atoms in total. The van der Waals surface area contributed by atoms with E-state index >= 15 is 0 Å². The fourth-order valence-corrected chi connectivity index (χ4v) is 4.22. The van der Waals surface area contributed by atoms with Gasteiger partial charge in [0.05, 0.1) is 6.67 Å². The minimum Gasteiger partial charge on any atom is -0.307 e. The Balaban J connectivity index is 1.27. The third-order valence-electron chi connectivity index (χ3n) is 6.02. The molecule has 140 valence electrons. The van der Waals surface area contributed by atoms with Gasteiger partial charge >= 0.3 is 0 Å². The van der Waals surface area contributed by atoms with Gasteiger partial charge in [0.15, 0.2) is 4.77 Å². The second kappa shape index (κ2) is 7.65. The van der Waals surface area contributed by atoms with Crippen LogP contribution in [0.3, 0.4) is 0 Å². The summed E-state index contributed by atoms with van der Waals surface area (Å²) in [4.78, 5) is 2.52. The number of hydrogen-bond donors (Lipinski definition) is 0. The van der Waals surface area contributed by atoms with Crippen molar-refractivity contribution in [3.63, 3.8) is 0 Å². The number of piperidine rings is 1. The Bertz CT molecular complexity index is 792. The first-order valence-electron chi connectivity index (χ1n) is 10.0. The van der Waals surface area contributed by atoms with E-state index in [2.05, 4.69) is 47.7 Å². The fraction of sp³-hybridized carbons (Fsp3) is 0.619. The molecule has 1 aliphatic carbocycles. The lowest BCUT2D eigenvalue weighted by Gasteiger charge is -2.31. The van der Waals surface area contributed by atoms with Crippen LogP contribution in [0.5, 0.6) is 0 Å². The number of likely N-dealkylation sites (tertiary alicyclic amines) is 1. The molecule has 0 bridgehead atoms. The molecule has 0 N–H and O–H groups in total. The van der Waals surface area contributed by atoms with Gasteiger partial charge in [-0.05, 0) is 69.1 Å². The van der Waals surface area contributed by atoms with Crippen LogP contribution in [-0.2, 0) is 20.1 Å².